The molecule has 0 aliphatic rings. The quantitative estimate of drug-likeness (QED) is 0.418. The second-order valence-electron chi connectivity index (χ2n) is 7.49. The van der Waals surface area contributed by atoms with E-state index >= 15 is 0 Å². The lowest BCUT2D eigenvalue weighted by Crippen LogP contribution is -2.17. The molecule has 2 N–H and O–H groups in total. The van der Waals surface area contributed by atoms with E-state index in [1.54, 1.807) is 6.07 Å². The number of nitrogens with one attached hydrogen (secondary N) is 2. The summed E-state index contributed by atoms with van der Waals surface area (Å²) in [6.07, 6.45) is 0.124. The molecular formula is C23H24N6O2S. The van der Waals surface area contributed by atoms with Gasteiger partial charge in [-0.1, -0.05) is 30.0 Å². The molecule has 2 aromatic carbocycles. The Hall–Kier alpha value is -3.46. The number of H-pyrrole nitrogens is 1. The van der Waals surface area contributed by atoms with Gasteiger partial charge in [0.15, 0.2) is 5.16 Å². The van der Waals surface area contributed by atoms with Crippen LogP contribution in [0.3, 0.4) is 0 Å². The van der Waals surface area contributed by atoms with Crippen LogP contribution in [0, 0.1) is 13.8 Å². The molecule has 1 amide bonds. The van der Waals surface area contributed by atoms with Crippen molar-refractivity contribution in [3.63, 3.8) is 0 Å². The molecule has 0 radical (unpaired) electrons. The third-order valence-electron chi connectivity index (χ3n) is 5.22. The van der Waals surface area contributed by atoms with E-state index in [1.165, 1.54) is 17.3 Å². The molecule has 0 saturated carbocycles. The van der Waals surface area contributed by atoms with Crippen LogP contribution in [0.4, 0.5) is 5.69 Å². The van der Waals surface area contributed by atoms with E-state index in [4.69, 9.17) is 0 Å². The highest BCUT2D eigenvalue weighted by atomic mass is 32.2. The van der Waals surface area contributed by atoms with Crippen LogP contribution in [0.25, 0.3) is 10.9 Å². The Morgan fingerprint density at radius 1 is 1.12 bits per heavy atom. The van der Waals surface area contributed by atoms with Gasteiger partial charge in [-0.15, -0.1) is 10.2 Å². The van der Waals surface area contributed by atoms with Crippen molar-refractivity contribution in [2.45, 2.75) is 44.6 Å². The number of hydrogen-bond acceptors (Lipinski definition) is 6. The fraction of sp³-hybridized carbons (Fsp3) is 0.261. The van der Waals surface area contributed by atoms with Crippen LogP contribution in [0.5, 0.6) is 0 Å². The van der Waals surface area contributed by atoms with Crippen molar-refractivity contribution < 1.29 is 4.79 Å². The fourth-order valence-electron chi connectivity index (χ4n) is 3.38. The molecule has 0 bridgehead atoms. The Kier molecular flexibility index (Phi) is 6.36. The Labute approximate surface area is 189 Å². The third-order valence-corrected chi connectivity index (χ3v) is 6.20. The summed E-state index contributed by atoms with van der Waals surface area (Å²) in [5.41, 5.74) is 3.57. The molecule has 0 spiro atoms. The number of aromatic nitrogens is 5. The maximum Gasteiger partial charge on any atom is 0.258 e. The van der Waals surface area contributed by atoms with E-state index in [1.807, 2.05) is 61.7 Å². The lowest BCUT2D eigenvalue weighted by Gasteiger charge is -2.09. The molecule has 0 aliphatic carbocycles. The first-order chi connectivity index (χ1) is 15.4. The molecule has 9 heteroatoms. The average molecular weight is 449 g/mol. The molecule has 2 aromatic heterocycles. The number of amides is 1. The van der Waals surface area contributed by atoms with Crippen LogP contribution in [0.15, 0.2) is 52.4 Å². The largest absolute Gasteiger partial charge is 0.326 e. The summed E-state index contributed by atoms with van der Waals surface area (Å²) in [7, 11) is 0. The molecule has 0 aliphatic heterocycles. The lowest BCUT2D eigenvalue weighted by atomic mass is 10.1. The van der Waals surface area contributed by atoms with Gasteiger partial charge in [0.2, 0.25) is 5.91 Å². The summed E-state index contributed by atoms with van der Waals surface area (Å²) >= 11 is 1.42. The summed E-state index contributed by atoms with van der Waals surface area (Å²) in [4.78, 5) is 32.2. The molecule has 164 valence electrons. The number of carbonyl (C=O) groups is 1. The SMILES string of the molecule is CCn1c(CC(=O)Nc2ccc(C)c(C)c2)nnc1SCc1nc2ccccc2c(=O)[nH]1. The summed E-state index contributed by atoms with van der Waals surface area (Å²) < 4.78 is 1.91. The summed E-state index contributed by atoms with van der Waals surface area (Å²) in [6, 6.07) is 13.1. The summed E-state index contributed by atoms with van der Waals surface area (Å²) in [6.45, 7) is 6.66. The molecule has 4 aromatic rings. The molecule has 0 fully saturated rings. The van der Waals surface area contributed by atoms with Gasteiger partial charge in [-0.2, -0.15) is 0 Å². The number of aromatic amines is 1. The second kappa shape index (κ2) is 9.35. The van der Waals surface area contributed by atoms with E-state index in [9.17, 15) is 9.59 Å². The van der Waals surface area contributed by atoms with Crippen molar-refractivity contribution in [2.24, 2.45) is 0 Å². The van der Waals surface area contributed by atoms with Crippen molar-refractivity contribution in [3.05, 3.63) is 75.6 Å². The molecule has 0 saturated heterocycles. The number of benzene rings is 2. The van der Waals surface area contributed by atoms with Crippen molar-refractivity contribution >= 4 is 34.3 Å². The normalized spacial score (nSPS) is 11.1. The van der Waals surface area contributed by atoms with Crippen molar-refractivity contribution in [3.8, 4) is 0 Å². The topological polar surface area (TPSA) is 106 Å². The predicted octanol–water partition coefficient (Wildman–Crippen LogP) is 3.62. The maximum absolute atomic E-state index is 12.5. The highest BCUT2D eigenvalue weighted by Crippen LogP contribution is 2.21. The second-order valence-corrected chi connectivity index (χ2v) is 8.43. The minimum absolute atomic E-state index is 0.124. The minimum Gasteiger partial charge on any atom is -0.326 e. The average Bonchev–Trinajstić information content (AvgIpc) is 3.16. The van der Waals surface area contributed by atoms with Crippen LogP contribution < -0.4 is 10.9 Å². The third kappa shape index (κ3) is 4.72. The summed E-state index contributed by atoms with van der Waals surface area (Å²) in [5, 5.41) is 12.6. The van der Waals surface area contributed by atoms with Crippen LogP contribution in [0.2, 0.25) is 0 Å². The molecule has 32 heavy (non-hydrogen) atoms. The lowest BCUT2D eigenvalue weighted by molar-refractivity contribution is -0.115. The van der Waals surface area contributed by atoms with Gasteiger partial charge in [0.1, 0.15) is 11.6 Å². The van der Waals surface area contributed by atoms with Crippen LogP contribution in [-0.4, -0.2) is 30.6 Å². The predicted molar refractivity (Wildman–Crippen MR) is 126 cm³/mol. The number of carbonyl (C=O) groups excluding carboxylic acids is 1. The Morgan fingerprint density at radius 2 is 1.94 bits per heavy atom. The van der Waals surface area contributed by atoms with Gasteiger partial charge in [0.25, 0.3) is 5.56 Å². The van der Waals surface area contributed by atoms with Crippen molar-refractivity contribution in [1.29, 1.82) is 0 Å². The molecule has 2 heterocycles. The van der Waals surface area contributed by atoms with Gasteiger partial charge in [0, 0.05) is 12.2 Å². The smallest absolute Gasteiger partial charge is 0.258 e. The number of fused-ring (bicyclic) bond motifs is 1. The number of thioether (sulfide) groups is 1. The first-order valence-corrected chi connectivity index (χ1v) is 11.3. The first-order valence-electron chi connectivity index (χ1n) is 10.3. The number of rotatable bonds is 7. The van der Waals surface area contributed by atoms with E-state index in [0.717, 1.165) is 11.3 Å². The van der Waals surface area contributed by atoms with E-state index in [-0.39, 0.29) is 17.9 Å². The number of nitrogens with zero attached hydrogens (tertiary/aromatic N) is 4. The standard InChI is InChI=1S/C23H24N6O2S/c1-4-29-20(12-21(30)24-16-10-9-14(2)15(3)11-16)27-28-23(29)32-13-19-25-18-8-6-5-7-17(18)22(31)26-19/h5-11H,4,12-13H2,1-3H3,(H,24,30)(H,25,26,31). The molecule has 8 nitrogen and oxygen atoms in total. The molecular weight excluding hydrogens is 424 g/mol. The Bertz CT molecular complexity index is 1340. The first kappa shape index (κ1) is 21.8. The highest BCUT2D eigenvalue weighted by Gasteiger charge is 2.16. The Balaban J connectivity index is 1.45. The molecule has 4 rings (SSSR count). The van der Waals surface area contributed by atoms with Crippen LogP contribution in [0.1, 0.15) is 29.7 Å². The van der Waals surface area contributed by atoms with Gasteiger partial charge in [0.05, 0.1) is 23.1 Å². The highest BCUT2D eigenvalue weighted by molar-refractivity contribution is 7.98. The molecule has 0 atom stereocenters. The Morgan fingerprint density at radius 3 is 2.72 bits per heavy atom. The van der Waals surface area contributed by atoms with Crippen LogP contribution in [-0.2, 0) is 23.5 Å². The maximum atomic E-state index is 12.5. The van der Waals surface area contributed by atoms with Gasteiger partial charge >= 0.3 is 0 Å². The van der Waals surface area contributed by atoms with Gasteiger partial charge in [-0.05, 0) is 56.2 Å². The molecule has 0 unspecified atom stereocenters. The van der Waals surface area contributed by atoms with Crippen LogP contribution >= 0.6 is 11.8 Å². The zero-order chi connectivity index (χ0) is 22.7. The van der Waals surface area contributed by atoms with Gasteiger partial charge in [-0.3, -0.25) is 9.59 Å². The van der Waals surface area contributed by atoms with E-state index in [2.05, 4.69) is 25.5 Å². The fourth-order valence-corrected chi connectivity index (χ4v) is 4.27. The van der Waals surface area contributed by atoms with E-state index < -0.39 is 0 Å². The summed E-state index contributed by atoms with van der Waals surface area (Å²) in [5.74, 6) is 1.45. The van der Waals surface area contributed by atoms with Crippen molar-refractivity contribution in [2.75, 3.05) is 5.32 Å². The van der Waals surface area contributed by atoms with E-state index in [0.29, 0.717) is 40.0 Å². The minimum atomic E-state index is -0.160. The van der Waals surface area contributed by atoms with Crippen molar-refractivity contribution in [1.82, 2.24) is 24.7 Å². The zero-order valence-corrected chi connectivity index (χ0v) is 19.0. The van der Waals surface area contributed by atoms with Gasteiger partial charge < -0.3 is 14.9 Å². The van der Waals surface area contributed by atoms with Gasteiger partial charge in [-0.25, -0.2) is 4.98 Å². The number of hydrogen-bond donors (Lipinski definition) is 2. The number of para-hydroxylation sites is 1. The monoisotopic (exact) mass is 448 g/mol. The number of anilines is 1. The zero-order valence-electron chi connectivity index (χ0n) is 18.2. The number of aryl methyl sites for hydroxylation is 2.